The smallest absolute Gasteiger partial charge is 0.255 e. The number of halogens is 1. The Morgan fingerprint density at radius 1 is 1.00 bits per heavy atom. The van der Waals surface area contributed by atoms with Gasteiger partial charge in [-0.3, -0.25) is 9.59 Å². The summed E-state index contributed by atoms with van der Waals surface area (Å²) in [7, 11) is 0. The van der Waals surface area contributed by atoms with Crippen LogP contribution in [0.3, 0.4) is 0 Å². The summed E-state index contributed by atoms with van der Waals surface area (Å²) in [5.41, 5.74) is 7.33. The average molecular weight is 341 g/mol. The number of amides is 2. The fourth-order valence-electron chi connectivity index (χ4n) is 2.99. The molecule has 1 aliphatic rings. The van der Waals surface area contributed by atoms with Gasteiger partial charge >= 0.3 is 0 Å². The Labute approximate surface area is 145 Å². The molecule has 3 rings (SSSR count). The fraction of sp³-hybridized carbons (Fsp3) is 0.263. The van der Waals surface area contributed by atoms with E-state index in [0.717, 1.165) is 31.6 Å². The maximum atomic E-state index is 13.0. The van der Waals surface area contributed by atoms with Gasteiger partial charge in [0.25, 0.3) is 11.8 Å². The summed E-state index contributed by atoms with van der Waals surface area (Å²) in [6.45, 7) is 1.89. The molecule has 25 heavy (non-hydrogen) atoms. The highest BCUT2D eigenvalue weighted by Crippen LogP contribution is 2.26. The van der Waals surface area contributed by atoms with E-state index in [1.807, 2.05) is 6.07 Å². The molecule has 0 aromatic heterocycles. The van der Waals surface area contributed by atoms with Crippen molar-refractivity contribution < 1.29 is 14.0 Å². The van der Waals surface area contributed by atoms with Crippen molar-refractivity contribution in [1.29, 1.82) is 0 Å². The van der Waals surface area contributed by atoms with Crippen molar-refractivity contribution in [3.05, 3.63) is 59.4 Å². The molecule has 1 heterocycles. The lowest BCUT2D eigenvalue weighted by Crippen LogP contribution is -2.29. The summed E-state index contributed by atoms with van der Waals surface area (Å²) in [4.78, 5) is 26.3. The summed E-state index contributed by atoms with van der Waals surface area (Å²) in [6.07, 6.45) is 3.45. The van der Waals surface area contributed by atoms with Crippen LogP contribution >= 0.6 is 0 Å². The van der Waals surface area contributed by atoms with Crippen LogP contribution in [-0.2, 0) is 0 Å². The van der Waals surface area contributed by atoms with E-state index in [1.54, 1.807) is 12.1 Å². The lowest BCUT2D eigenvalue weighted by Gasteiger charge is -2.29. The standard InChI is InChI=1S/C19H20FN3O2/c20-14-6-4-13(5-7-14)19(25)22-17-9-8-15(12-16(17)18(21)24)23-10-2-1-3-11-23/h4-9,12H,1-3,10-11H2,(H2,21,24)(H,22,25). The van der Waals surface area contributed by atoms with Crippen LogP contribution in [0.1, 0.15) is 40.0 Å². The van der Waals surface area contributed by atoms with Gasteiger partial charge in [-0.15, -0.1) is 0 Å². The Bertz CT molecular complexity index is 784. The lowest BCUT2D eigenvalue weighted by molar-refractivity contribution is 0.100. The maximum absolute atomic E-state index is 13.0. The molecule has 130 valence electrons. The molecule has 6 heteroatoms. The number of hydrogen-bond donors (Lipinski definition) is 2. The molecule has 0 unspecified atom stereocenters. The molecule has 0 spiro atoms. The molecule has 5 nitrogen and oxygen atoms in total. The zero-order chi connectivity index (χ0) is 17.8. The fourth-order valence-corrected chi connectivity index (χ4v) is 2.99. The third-order valence-electron chi connectivity index (χ3n) is 4.34. The van der Waals surface area contributed by atoms with Gasteiger partial charge in [0, 0.05) is 24.3 Å². The predicted octanol–water partition coefficient (Wildman–Crippen LogP) is 3.17. The van der Waals surface area contributed by atoms with Crippen molar-refractivity contribution >= 4 is 23.2 Å². The first-order chi connectivity index (χ1) is 12.0. The van der Waals surface area contributed by atoms with Crippen LogP contribution in [0.2, 0.25) is 0 Å². The van der Waals surface area contributed by atoms with Gasteiger partial charge in [0.15, 0.2) is 0 Å². The Morgan fingerprint density at radius 3 is 2.32 bits per heavy atom. The molecule has 0 saturated carbocycles. The molecular formula is C19H20FN3O2. The van der Waals surface area contributed by atoms with Crippen molar-refractivity contribution in [2.75, 3.05) is 23.3 Å². The highest BCUT2D eigenvalue weighted by molar-refractivity contribution is 6.09. The van der Waals surface area contributed by atoms with E-state index >= 15 is 0 Å². The average Bonchev–Trinajstić information content (AvgIpc) is 2.63. The van der Waals surface area contributed by atoms with Crippen molar-refractivity contribution in [1.82, 2.24) is 0 Å². The van der Waals surface area contributed by atoms with Gasteiger partial charge in [0.05, 0.1) is 11.3 Å². The minimum Gasteiger partial charge on any atom is -0.372 e. The molecule has 1 saturated heterocycles. The van der Waals surface area contributed by atoms with E-state index in [0.29, 0.717) is 11.3 Å². The number of nitrogens with zero attached hydrogens (tertiary/aromatic N) is 1. The molecule has 1 fully saturated rings. The number of anilines is 2. The van der Waals surface area contributed by atoms with Gasteiger partial charge in [-0.25, -0.2) is 4.39 Å². The van der Waals surface area contributed by atoms with Crippen LogP contribution < -0.4 is 16.0 Å². The highest BCUT2D eigenvalue weighted by Gasteiger charge is 2.17. The largest absolute Gasteiger partial charge is 0.372 e. The van der Waals surface area contributed by atoms with Gasteiger partial charge in [-0.05, 0) is 61.7 Å². The van der Waals surface area contributed by atoms with Crippen molar-refractivity contribution in [2.45, 2.75) is 19.3 Å². The molecule has 1 aliphatic heterocycles. The van der Waals surface area contributed by atoms with Crippen LogP contribution in [0.5, 0.6) is 0 Å². The Kier molecular flexibility index (Phi) is 4.97. The van der Waals surface area contributed by atoms with E-state index in [4.69, 9.17) is 5.73 Å². The summed E-state index contributed by atoms with van der Waals surface area (Å²) >= 11 is 0. The molecule has 0 radical (unpaired) electrons. The minimum atomic E-state index is -0.603. The number of nitrogens with one attached hydrogen (secondary N) is 1. The van der Waals surface area contributed by atoms with Crippen molar-refractivity contribution in [3.63, 3.8) is 0 Å². The van der Waals surface area contributed by atoms with E-state index < -0.39 is 17.6 Å². The van der Waals surface area contributed by atoms with Crippen LogP contribution in [0, 0.1) is 5.82 Å². The summed E-state index contributed by atoms with van der Waals surface area (Å²) in [5, 5.41) is 2.68. The monoisotopic (exact) mass is 341 g/mol. The summed E-state index contributed by atoms with van der Waals surface area (Å²) in [6, 6.07) is 10.5. The molecule has 0 aliphatic carbocycles. The number of carbonyl (C=O) groups excluding carboxylic acids is 2. The number of rotatable bonds is 4. The van der Waals surface area contributed by atoms with Gasteiger partial charge in [0.1, 0.15) is 5.82 Å². The zero-order valence-electron chi connectivity index (χ0n) is 13.8. The second kappa shape index (κ2) is 7.34. The summed E-state index contributed by atoms with van der Waals surface area (Å²) in [5.74, 6) is -1.44. The molecule has 2 amide bonds. The normalized spacial score (nSPS) is 14.2. The SMILES string of the molecule is NC(=O)c1cc(N2CCCCC2)ccc1NC(=O)c1ccc(F)cc1. The topological polar surface area (TPSA) is 75.4 Å². The number of primary amides is 1. The number of benzene rings is 2. The second-order valence-corrected chi connectivity index (χ2v) is 6.10. The quantitative estimate of drug-likeness (QED) is 0.897. The van der Waals surface area contributed by atoms with E-state index in [1.165, 1.54) is 30.7 Å². The molecule has 0 atom stereocenters. The van der Waals surface area contributed by atoms with Crippen LogP contribution in [0.4, 0.5) is 15.8 Å². The third-order valence-corrected chi connectivity index (χ3v) is 4.34. The van der Waals surface area contributed by atoms with Gasteiger partial charge in [-0.1, -0.05) is 0 Å². The van der Waals surface area contributed by atoms with Crippen molar-refractivity contribution in [3.8, 4) is 0 Å². The molecule has 0 bridgehead atoms. The first kappa shape index (κ1) is 17.0. The molecule has 2 aromatic carbocycles. The van der Waals surface area contributed by atoms with Crippen molar-refractivity contribution in [2.24, 2.45) is 5.73 Å². The minimum absolute atomic E-state index is 0.263. The first-order valence-electron chi connectivity index (χ1n) is 8.30. The van der Waals surface area contributed by atoms with Gasteiger partial charge in [-0.2, -0.15) is 0 Å². The zero-order valence-corrected chi connectivity index (χ0v) is 13.8. The molecular weight excluding hydrogens is 321 g/mol. The number of carbonyl (C=O) groups is 2. The van der Waals surface area contributed by atoms with E-state index in [9.17, 15) is 14.0 Å². The van der Waals surface area contributed by atoms with Gasteiger partial charge < -0.3 is 16.0 Å². The Balaban J connectivity index is 1.83. The van der Waals surface area contributed by atoms with E-state index in [2.05, 4.69) is 10.2 Å². The van der Waals surface area contributed by atoms with E-state index in [-0.39, 0.29) is 5.56 Å². The maximum Gasteiger partial charge on any atom is 0.255 e. The molecule has 2 aromatic rings. The summed E-state index contributed by atoms with van der Waals surface area (Å²) < 4.78 is 13.0. The van der Waals surface area contributed by atoms with Gasteiger partial charge in [0.2, 0.25) is 0 Å². The van der Waals surface area contributed by atoms with Crippen LogP contribution in [-0.4, -0.2) is 24.9 Å². The first-order valence-corrected chi connectivity index (χ1v) is 8.30. The predicted molar refractivity (Wildman–Crippen MR) is 95.4 cm³/mol. The lowest BCUT2D eigenvalue weighted by atomic mass is 10.1. The highest BCUT2D eigenvalue weighted by atomic mass is 19.1. The Hall–Kier alpha value is -2.89. The Morgan fingerprint density at radius 2 is 1.68 bits per heavy atom. The third kappa shape index (κ3) is 3.96. The van der Waals surface area contributed by atoms with Crippen LogP contribution in [0.25, 0.3) is 0 Å². The van der Waals surface area contributed by atoms with Crippen LogP contribution in [0.15, 0.2) is 42.5 Å². The second-order valence-electron chi connectivity index (χ2n) is 6.10. The number of nitrogens with two attached hydrogens (primary N) is 1. The number of piperidine rings is 1. The molecule has 3 N–H and O–H groups in total. The number of hydrogen-bond acceptors (Lipinski definition) is 3.